The topological polar surface area (TPSA) is 21.3 Å². The van der Waals surface area contributed by atoms with Crippen LogP contribution in [-0.2, 0) is 0 Å². The van der Waals surface area contributed by atoms with Crippen molar-refractivity contribution in [3.8, 4) is 5.75 Å². The van der Waals surface area contributed by atoms with Gasteiger partial charge < -0.3 is 10.1 Å². The molecule has 0 aliphatic heterocycles. The van der Waals surface area contributed by atoms with Gasteiger partial charge in [0.25, 0.3) is 0 Å². The molecule has 1 atom stereocenters. The van der Waals surface area contributed by atoms with Gasteiger partial charge in [0.15, 0.2) is 11.6 Å². The summed E-state index contributed by atoms with van der Waals surface area (Å²) >= 11 is 0. The molecule has 0 heterocycles. The van der Waals surface area contributed by atoms with Gasteiger partial charge in [0.05, 0.1) is 13.2 Å². The molecule has 2 rings (SSSR count). The summed E-state index contributed by atoms with van der Waals surface area (Å²) in [5.74, 6) is -1.00. The van der Waals surface area contributed by atoms with E-state index in [4.69, 9.17) is 4.74 Å². The number of rotatable bonds is 4. The Morgan fingerprint density at radius 3 is 2.42 bits per heavy atom. The van der Waals surface area contributed by atoms with Crippen molar-refractivity contribution in [2.45, 2.75) is 6.04 Å². The van der Waals surface area contributed by atoms with Crippen LogP contribution in [0.15, 0.2) is 42.5 Å². The zero-order valence-electron chi connectivity index (χ0n) is 10.8. The van der Waals surface area contributed by atoms with Crippen LogP contribution in [-0.4, -0.2) is 14.2 Å². The standard InChI is InChI=1S/C15H15F2NO/c1-18-15(10-7-8-12(16)13(17)9-10)11-5-3-4-6-14(11)19-2/h3-9,15,18H,1-2H3. The van der Waals surface area contributed by atoms with Crippen molar-refractivity contribution in [2.24, 2.45) is 0 Å². The number of hydrogen-bond acceptors (Lipinski definition) is 2. The van der Waals surface area contributed by atoms with E-state index in [0.29, 0.717) is 11.3 Å². The zero-order valence-corrected chi connectivity index (χ0v) is 10.8. The molecular formula is C15H15F2NO. The van der Waals surface area contributed by atoms with Crippen LogP contribution in [0, 0.1) is 11.6 Å². The SMILES string of the molecule is CNC(c1ccc(F)c(F)c1)c1ccccc1OC. The molecule has 0 aliphatic rings. The van der Waals surface area contributed by atoms with E-state index in [-0.39, 0.29) is 6.04 Å². The van der Waals surface area contributed by atoms with Gasteiger partial charge in [-0.1, -0.05) is 24.3 Å². The van der Waals surface area contributed by atoms with Crippen molar-refractivity contribution >= 4 is 0 Å². The smallest absolute Gasteiger partial charge is 0.159 e. The van der Waals surface area contributed by atoms with E-state index < -0.39 is 11.6 Å². The van der Waals surface area contributed by atoms with Gasteiger partial charge in [-0.05, 0) is 30.8 Å². The summed E-state index contributed by atoms with van der Waals surface area (Å²) in [6.07, 6.45) is 0. The summed E-state index contributed by atoms with van der Waals surface area (Å²) in [6.45, 7) is 0. The minimum absolute atomic E-state index is 0.258. The maximum atomic E-state index is 13.3. The summed E-state index contributed by atoms with van der Waals surface area (Å²) < 4.78 is 31.6. The first kappa shape index (κ1) is 13.5. The third-order valence-electron chi connectivity index (χ3n) is 3.02. The van der Waals surface area contributed by atoms with Crippen molar-refractivity contribution in [1.82, 2.24) is 5.32 Å². The Morgan fingerprint density at radius 2 is 1.79 bits per heavy atom. The highest BCUT2D eigenvalue weighted by Gasteiger charge is 2.17. The molecule has 100 valence electrons. The second-order valence-corrected chi connectivity index (χ2v) is 4.14. The average Bonchev–Trinajstić information content (AvgIpc) is 2.44. The van der Waals surface area contributed by atoms with Crippen molar-refractivity contribution in [3.05, 3.63) is 65.2 Å². The molecule has 0 spiro atoms. The average molecular weight is 263 g/mol. The highest BCUT2D eigenvalue weighted by molar-refractivity contribution is 5.41. The largest absolute Gasteiger partial charge is 0.496 e. The number of halogens is 2. The van der Waals surface area contributed by atoms with Gasteiger partial charge in [-0.15, -0.1) is 0 Å². The van der Waals surface area contributed by atoms with Gasteiger partial charge in [0, 0.05) is 5.56 Å². The predicted molar refractivity (Wildman–Crippen MR) is 70.3 cm³/mol. The van der Waals surface area contributed by atoms with Crippen LogP contribution in [0.25, 0.3) is 0 Å². The second kappa shape index (κ2) is 5.80. The van der Waals surface area contributed by atoms with E-state index in [9.17, 15) is 8.78 Å². The maximum Gasteiger partial charge on any atom is 0.159 e. The van der Waals surface area contributed by atoms with Gasteiger partial charge in [-0.25, -0.2) is 8.78 Å². The highest BCUT2D eigenvalue weighted by Crippen LogP contribution is 2.30. The first-order valence-corrected chi connectivity index (χ1v) is 5.92. The van der Waals surface area contributed by atoms with Crippen LogP contribution in [0.3, 0.4) is 0 Å². The number of hydrogen-bond donors (Lipinski definition) is 1. The van der Waals surface area contributed by atoms with Gasteiger partial charge in [-0.3, -0.25) is 0 Å². The van der Waals surface area contributed by atoms with Crippen molar-refractivity contribution in [3.63, 3.8) is 0 Å². The maximum absolute atomic E-state index is 13.3. The molecule has 0 saturated heterocycles. The Balaban J connectivity index is 2.46. The fourth-order valence-corrected chi connectivity index (χ4v) is 2.10. The molecule has 0 aromatic heterocycles. The van der Waals surface area contributed by atoms with Gasteiger partial charge >= 0.3 is 0 Å². The van der Waals surface area contributed by atoms with Crippen LogP contribution >= 0.6 is 0 Å². The van der Waals surface area contributed by atoms with Crippen LogP contribution in [0.2, 0.25) is 0 Å². The van der Waals surface area contributed by atoms with E-state index in [1.54, 1.807) is 20.2 Å². The van der Waals surface area contributed by atoms with Crippen molar-refractivity contribution in [2.75, 3.05) is 14.2 Å². The molecular weight excluding hydrogens is 248 g/mol. The molecule has 0 saturated carbocycles. The van der Waals surface area contributed by atoms with Gasteiger partial charge in [0.1, 0.15) is 5.75 Å². The molecule has 4 heteroatoms. The number of nitrogens with one attached hydrogen (secondary N) is 1. The molecule has 2 nitrogen and oxygen atoms in total. The lowest BCUT2D eigenvalue weighted by molar-refractivity contribution is 0.405. The summed E-state index contributed by atoms with van der Waals surface area (Å²) in [5.41, 5.74) is 1.52. The van der Waals surface area contributed by atoms with Crippen LogP contribution in [0.4, 0.5) is 8.78 Å². The van der Waals surface area contributed by atoms with Crippen LogP contribution < -0.4 is 10.1 Å². The Kier molecular flexibility index (Phi) is 4.12. The number of methoxy groups -OCH3 is 1. The third-order valence-corrected chi connectivity index (χ3v) is 3.02. The first-order chi connectivity index (χ1) is 9.17. The molecule has 0 radical (unpaired) electrons. The lowest BCUT2D eigenvalue weighted by Crippen LogP contribution is -2.18. The van der Waals surface area contributed by atoms with Crippen LogP contribution in [0.1, 0.15) is 17.2 Å². The molecule has 0 amide bonds. The van der Waals surface area contributed by atoms with E-state index in [0.717, 1.165) is 11.6 Å². The Morgan fingerprint density at radius 1 is 1.05 bits per heavy atom. The van der Waals surface area contributed by atoms with E-state index in [1.165, 1.54) is 6.07 Å². The fourth-order valence-electron chi connectivity index (χ4n) is 2.10. The zero-order chi connectivity index (χ0) is 13.8. The normalized spacial score (nSPS) is 12.2. The number of ether oxygens (including phenoxy) is 1. The molecule has 1 N–H and O–H groups in total. The number of para-hydroxylation sites is 1. The molecule has 19 heavy (non-hydrogen) atoms. The van der Waals surface area contributed by atoms with Gasteiger partial charge in [-0.2, -0.15) is 0 Å². The summed E-state index contributed by atoms with van der Waals surface area (Å²) in [4.78, 5) is 0. The van der Waals surface area contributed by atoms with Crippen molar-refractivity contribution in [1.29, 1.82) is 0 Å². The molecule has 0 bridgehead atoms. The molecule has 0 fully saturated rings. The fraction of sp³-hybridized carbons (Fsp3) is 0.200. The molecule has 0 aliphatic carbocycles. The summed E-state index contributed by atoms with van der Waals surface area (Å²) in [6, 6.07) is 11.1. The first-order valence-electron chi connectivity index (χ1n) is 5.92. The number of benzene rings is 2. The van der Waals surface area contributed by atoms with Gasteiger partial charge in [0.2, 0.25) is 0 Å². The monoisotopic (exact) mass is 263 g/mol. The Hall–Kier alpha value is -1.94. The lowest BCUT2D eigenvalue weighted by atomic mass is 9.98. The predicted octanol–water partition coefficient (Wildman–Crippen LogP) is 3.28. The Labute approximate surface area is 111 Å². The second-order valence-electron chi connectivity index (χ2n) is 4.14. The Bertz CT molecular complexity index is 572. The summed E-state index contributed by atoms with van der Waals surface area (Å²) in [5, 5.41) is 3.09. The van der Waals surface area contributed by atoms with Crippen molar-refractivity contribution < 1.29 is 13.5 Å². The minimum Gasteiger partial charge on any atom is -0.496 e. The minimum atomic E-state index is -0.854. The van der Waals surface area contributed by atoms with E-state index in [1.807, 2.05) is 24.3 Å². The van der Waals surface area contributed by atoms with Crippen LogP contribution in [0.5, 0.6) is 5.75 Å². The summed E-state index contributed by atoms with van der Waals surface area (Å²) in [7, 11) is 3.34. The highest BCUT2D eigenvalue weighted by atomic mass is 19.2. The molecule has 2 aromatic rings. The quantitative estimate of drug-likeness (QED) is 0.914. The lowest BCUT2D eigenvalue weighted by Gasteiger charge is -2.20. The van der Waals surface area contributed by atoms with E-state index in [2.05, 4.69) is 5.32 Å². The third kappa shape index (κ3) is 2.74. The molecule has 1 unspecified atom stereocenters. The molecule has 2 aromatic carbocycles. The van der Waals surface area contributed by atoms with E-state index >= 15 is 0 Å².